The van der Waals surface area contributed by atoms with Crippen LogP contribution in [-0.2, 0) is 6.42 Å². The summed E-state index contributed by atoms with van der Waals surface area (Å²) in [4.78, 5) is 17.9. The molecule has 2 aromatic heterocycles. The first-order valence-electron chi connectivity index (χ1n) is 8.82. The third-order valence-corrected chi connectivity index (χ3v) is 5.11. The van der Waals surface area contributed by atoms with E-state index in [1.807, 2.05) is 30.3 Å². The van der Waals surface area contributed by atoms with Gasteiger partial charge in [0.15, 0.2) is 16.6 Å². The quantitative estimate of drug-likeness (QED) is 0.516. The molecule has 2 heterocycles. The standard InChI is InChI=1S/C21H17FN4O2S/c1-28-18-13-26(16-5-3-2-4-6-16)25-19(18)20(27)24-21-23-12-17(29-21)11-14-7-9-15(22)10-8-14/h2-10,12-13H,11H2,1H3,(H,23,24,27). The van der Waals surface area contributed by atoms with Gasteiger partial charge < -0.3 is 4.74 Å². The highest BCUT2D eigenvalue weighted by Gasteiger charge is 2.19. The van der Waals surface area contributed by atoms with Crippen molar-refractivity contribution in [2.45, 2.75) is 6.42 Å². The number of ether oxygens (including phenoxy) is 1. The molecule has 146 valence electrons. The van der Waals surface area contributed by atoms with Crippen LogP contribution in [0.3, 0.4) is 0 Å². The molecule has 6 nitrogen and oxygen atoms in total. The molecule has 0 saturated carbocycles. The van der Waals surface area contributed by atoms with E-state index >= 15 is 0 Å². The zero-order chi connectivity index (χ0) is 20.2. The van der Waals surface area contributed by atoms with Crippen molar-refractivity contribution in [2.24, 2.45) is 0 Å². The largest absolute Gasteiger partial charge is 0.493 e. The highest BCUT2D eigenvalue weighted by Crippen LogP contribution is 2.24. The second-order valence-corrected chi connectivity index (χ2v) is 7.33. The summed E-state index contributed by atoms with van der Waals surface area (Å²) in [6.07, 6.45) is 3.97. The monoisotopic (exact) mass is 408 g/mol. The number of anilines is 1. The Labute approximate surface area is 170 Å². The Morgan fingerprint density at radius 2 is 1.93 bits per heavy atom. The molecule has 0 unspecified atom stereocenters. The van der Waals surface area contributed by atoms with Gasteiger partial charge in [0, 0.05) is 17.5 Å². The van der Waals surface area contributed by atoms with Crippen molar-refractivity contribution in [3.63, 3.8) is 0 Å². The van der Waals surface area contributed by atoms with Gasteiger partial charge in [0.05, 0.1) is 19.0 Å². The number of hydrogen-bond acceptors (Lipinski definition) is 5. The van der Waals surface area contributed by atoms with E-state index in [-0.39, 0.29) is 11.5 Å². The van der Waals surface area contributed by atoms with Gasteiger partial charge in [-0.25, -0.2) is 14.1 Å². The Morgan fingerprint density at radius 1 is 1.17 bits per heavy atom. The van der Waals surface area contributed by atoms with Gasteiger partial charge in [-0.1, -0.05) is 30.3 Å². The van der Waals surface area contributed by atoms with Crippen LogP contribution in [-0.4, -0.2) is 27.8 Å². The maximum atomic E-state index is 13.0. The first kappa shape index (κ1) is 18.8. The molecule has 0 aliphatic heterocycles. The molecule has 1 amide bonds. The minimum Gasteiger partial charge on any atom is -0.493 e. The fraction of sp³-hybridized carbons (Fsp3) is 0.0952. The number of nitrogens with zero attached hydrogens (tertiary/aromatic N) is 3. The number of methoxy groups -OCH3 is 1. The molecule has 0 spiro atoms. The van der Waals surface area contributed by atoms with Crippen LogP contribution in [0.4, 0.5) is 9.52 Å². The summed E-state index contributed by atoms with van der Waals surface area (Å²) in [7, 11) is 1.49. The molecule has 29 heavy (non-hydrogen) atoms. The summed E-state index contributed by atoms with van der Waals surface area (Å²) < 4.78 is 19.9. The number of carbonyl (C=O) groups is 1. The summed E-state index contributed by atoms with van der Waals surface area (Å²) in [6, 6.07) is 15.8. The van der Waals surface area contributed by atoms with Gasteiger partial charge in [0.1, 0.15) is 5.82 Å². The smallest absolute Gasteiger partial charge is 0.281 e. The topological polar surface area (TPSA) is 69.0 Å². The number of rotatable bonds is 6. The molecule has 4 rings (SSSR count). The SMILES string of the molecule is COc1cn(-c2ccccc2)nc1C(=O)Nc1ncc(Cc2ccc(F)cc2)s1. The second-order valence-electron chi connectivity index (χ2n) is 6.22. The Morgan fingerprint density at radius 3 is 2.66 bits per heavy atom. The molecule has 0 radical (unpaired) electrons. The zero-order valence-electron chi connectivity index (χ0n) is 15.5. The van der Waals surface area contributed by atoms with E-state index in [1.54, 1.807) is 29.2 Å². The van der Waals surface area contributed by atoms with Gasteiger partial charge in [0.25, 0.3) is 5.91 Å². The third-order valence-electron chi connectivity index (χ3n) is 4.20. The number of nitrogens with one attached hydrogen (secondary N) is 1. The molecule has 0 atom stereocenters. The Balaban J connectivity index is 1.49. The maximum absolute atomic E-state index is 13.0. The van der Waals surface area contributed by atoms with E-state index in [1.165, 1.54) is 30.6 Å². The summed E-state index contributed by atoms with van der Waals surface area (Å²) in [5, 5.41) is 7.58. The van der Waals surface area contributed by atoms with Crippen LogP contribution >= 0.6 is 11.3 Å². The van der Waals surface area contributed by atoms with Gasteiger partial charge in [0.2, 0.25) is 0 Å². The van der Waals surface area contributed by atoms with Gasteiger partial charge in [-0.3, -0.25) is 10.1 Å². The first-order chi connectivity index (χ1) is 14.1. The molecular formula is C21H17FN4O2S. The molecule has 0 bridgehead atoms. The van der Waals surface area contributed by atoms with E-state index in [0.29, 0.717) is 17.3 Å². The van der Waals surface area contributed by atoms with Crippen LogP contribution in [0, 0.1) is 5.82 Å². The van der Waals surface area contributed by atoms with Gasteiger partial charge >= 0.3 is 0 Å². The fourth-order valence-corrected chi connectivity index (χ4v) is 3.63. The van der Waals surface area contributed by atoms with Gasteiger partial charge in [-0.2, -0.15) is 5.10 Å². The lowest BCUT2D eigenvalue weighted by atomic mass is 10.1. The van der Waals surface area contributed by atoms with E-state index < -0.39 is 5.91 Å². The normalized spacial score (nSPS) is 10.7. The Kier molecular flexibility index (Phi) is 5.35. The lowest BCUT2D eigenvalue weighted by Gasteiger charge is -2.01. The van der Waals surface area contributed by atoms with Crippen molar-refractivity contribution in [3.8, 4) is 11.4 Å². The first-order valence-corrected chi connectivity index (χ1v) is 9.63. The number of hydrogen-bond donors (Lipinski definition) is 1. The zero-order valence-corrected chi connectivity index (χ0v) is 16.3. The molecule has 0 aliphatic rings. The summed E-state index contributed by atoms with van der Waals surface area (Å²) in [5.41, 5.74) is 1.96. The minimum absolute atomic E-state index is 0.173. The molecule has 0 fully saturated rings. The van der Waals surface area contributed by atoms with Crippen LogP contribution in [0.1, 0.15) is 20.9 Å². The summed E-state index contributed by atoms with van der Waals surface area (Å²) >= 11 is 1.36. The van der Waals surface area contributed by atoms with Crippen molar-refractivity contribution in [2.75, 3.05) is 12.4 Å². The Bertz CT molecular complexity index is 1120. The second kappa shape index (κ2) is 8.24. The number of carbonyl (C=O) groups excluding carboxylic acids is 1. The third kappa shape index (κ3) is 4.33. The fourth-order valence-electron chi connectivity index (χ4n) is 2.78. The molecular weight excluding hydrogens is 391 g/mol. The van der Waals surface area contributed by atoms with Crippen LogP contribution in [0.25, 0.3) is 5.69 Å². The van der Waals surface area contributed by atoms with Crippen LogP contribution in [0.2, 0.25) is 0 Å². The molecule has 0 aliphatic carbocycles. The maximum Gasteiger partial charge on any atom is 0.281 e. The molecule has 4 aromatic rings. The van der Waals surface area contributed by atoms with E-state index in [0.717, 1.165) is 16.1 Å². The lowest BCUT2D eigenvalue weighted by Crippen LogP contribution is -2.14. The average molecular weight is 408 g/mol. The Hall–Kier alpha value is -3.52. The summed E-state index contributed by atoms with van der Waals surface area (Å²) in [5.74, 6) is -0.302. The van der Waals surface area contributed by atoms with Gasteiger partial charge in [-0.15, -0.1) is 11.3 Å². The van der Waals surface area contributed by atoms with Crippen LogP contribution in [0.5, 0.6) is 5.75 Å². The van der Waals surface area contributed by atoms with Crippen LogP contribution in [0.15, 0.2) is 67.0 Å². The van der Waals surface area contributed by atoms with Gasteiger partial charge in [-0.05, 0) is 29.8 Å². The van der Waals surface area contributed by atoms with Crippen molar-refractivity contribution < 1.29 is 13.9 Å². The lowest BCUT2D eigenvalue weighted by molar-refractivity contribution is 0.101. The number of aromatic nitrogens is 3. The average Bonchev–Trinajstić information content (AvgIpc) is 3.37. The van der Waals surface area contributed by atoms with Crippen molar-refractivity contribution in [3.05, 3.63) is 88.9 Å². The summed E-state index contributed by atoms with van der Waals surface area (Å²) in [6.45, 7) is 0. The number of halogens is 1. The van der Waals surface area contributed by atoms with E-state index in [2.05, 4.69) is 15.4 Å². The number of benzene rings is 2. The highest BCUT2D eigenvalue weighted by molar-refractivity contribution is 7.15. The number of para-hydroxylation sites is 1. The van der Waals surface area contributed by atoms with Crippen molar-refractivity contribution in [1.82, 2.24) is 14.8 Å². The number of thiazole rings is 1. The highest BCUT2D eigenvalue weighted by atomic mass is 32.1. The molecule has 2 aromatic carbocycles. The van der Waals surface area contributed by atoms with E-state index in [9.17, 15) is 9.18 Å². The molecule has 8 heteroatoms. The van der Waals surface area contributed by atoms with Crippen LogP contribution < -0.4 is 10.1 Å². The predicted molar refractivity (Wildman–Crippen MR) is 109 cm³/mol. The minimum atomic E-state index is -0.404. The molecule has 1 N–H and O–H groups in total. The number of amides is 1. The van der Waals surface area contributed by atoms with E-state index in [4.69, 9.17) is 4.74 Å². The van der Waals surface area contributed by atoms with Crippen molar-refractivity contribution in [1.29, 1.82) is 0 Å². The molecule has 0 saturated heterocycles. The van der Waals surface area contributed by atoms with Crippen molar-refractivity contribution >= 4 is 22.4 Å². The predicted octanol–water partition coefficient (Wildman–Crippen LogP) is 4.32.